The van der Waals surface area contributed by atoms with Crippen molar-refractivity contribution in [2.75, 3.05) is 13.6 Å². The number of hydrogen-bond acceptors (Lipinski definition) is 4. The van der Waals surface area contributed by atoms with Crippen LogP contribution in [0.5, 0.6) is 0 Å². The third kappa shape index (κ3) is 4.79. The molecule has 1 aromatic heterocycles. The van der Waals surface area contributed by atoms with Gasteiger partial charge in [0, 0.05) is 13.6 Å². The molecule has 2 unspecified atom stereocenters. The van der Waals surface area contributed by atoms with Gasteiger partial charge >= 0.3 is 6.03 Å². The summed E-state index contributed by atoms with van der Waals surface area (Å²) in [6.07, 6.45) is 3.27. The molecule has 0 aliphatic carbocycles. The summed E-state index contributed by atoms with van der Waals surface area (Å²) in [4.78, 5) is 17.6. The minimum atomic E-state index is -0.410. The molecule has 1 heterocycles. The molecule has 0 radical (unpaired) electrons. The van der Waals surface area contributed by atoms with Gasteiger partial charge in [-0.15, -0.1) is 0 Å². The Bertz CT molecular complexity index is 610. The molecular weight excluding hydrogens is 294 g/mol. The highest BCUT2D eigenvalue weighted by atomic mass is 16.3. The first-order chi connectivity index (χ1) is 11.0. The minimum absolute atomic E-state index is 0.110. The topological polar surface area (TPSA) is 83.3 Å². The van der Waals surface area contributed by atoms with Crippen LogP contribution in [-0.4, -0.2) is 50.5 Å². The van der Waals surface area contributed by atoms with Crippen molar-refractivity contribution in [2.24, 2.45) is 0 Å². The molecule has 2 N–H and O–H groups in total. The first kappa shape index (κ1) is 17.0. The number of carbonyl (C=O) groups excluding carboxylic acids is 1. The molecule has 0 bridgehead atoms. The first-order valence-electron chi connectivity index (χ1n) is 7.62. The maximum Gasteiger partial charge on any atom is 0.317 e. The number of aliphatic hydroxyl groups excluding tert-OH is 1. The van der Waals surface area contributed by atoms with Crippen LogP contribution in [0.15, 0.2) is 36.9 Å². The molecule has 2 rings (SSSR count). The van der Waals surface area contributed by atoms with Gasteiger partial charge in [-0.1, -0.05) is 12.1 Å². The lowest BCUT2D eigenvalue weighted by molar-refractivity contribution is 0.162. The zero-order chi connectivity index (χ0) is 16.8. The van der Waals surface area contributed by atoms with Gasteiger partial charge in [0.2, 0.25) is 0 Å². The van der Waals surface area contributed by atoms with Crippen molar-refractivity contribution in [1.82, 2.24) is 25.0 Å². The minimum Gasteiger partial charge on any atom is -0.393 e. The van der Waals surface area contributed by atoms with Gasteiger partial charge in [0.25, 0.3) is 0 Å². The molecule has 23 heavy (non-hydrogen) atoms. The first-order valence-corrected chi connectivity index (χ1v) is 7.62. The predicted molar refractivity (Wildman–Crippen MR) is 87.2 cm³/mol. The largest absolute Gasteiger partial charge is 0.393 e. The smallest absolute Gasteiger partial charge is 0.317 e. The number of hydrogen-bond donors (Lipinski definition) is 2. The Labute approximate surface area is 136 Å². The van der Waals surface area contributed by atoms with E-state index in [0.29, 0.717) is 13.0 Å². The van der Waals surface area contributed by atoms with E-state index < -0.39 is 6.10 Å². The molecule has 0 fully saturated rings. The third-order valence-corrected chi connectivity index (χ3v) is 3.65. The van der Waals surface area contributed by atoms with Crippen molar-refractivity contribution < 1.29 is 9.90 Å². The lowest BCUT2D eigenvalue weighted by atomic mass is 10.1. The number of aromatic nitrogens is 3. The van der Waals surface area contributed by atoms with E-state index in [2.05, 4.69) is 15.4 Å². The van der Waals surface area contributed by atoms with Gasteiger partial charge in [0.05, 0.1) is 17.8 Å². The molecule has 0 saturated carbocycles. The van der Waals surface area contributed by atoms with Crippen molar-refractivity contribution >= 4 is 6.03 Å². The third-order valence-electron chi connectivity index (χ3n) is 3.65. The van der Waals surface area contributed by atoms with Crippen LogP contribution in [0, 0.1) is 0 Å². The van der Waals surface area contributed by atoms with Crippen molar-refractivity contribution in [2.45, 2.75) is 32.4 Å². The van der Waals surface area contributed by atoms with Crippen molar-refractivity contribution in [3.63, 3.8) is 0 Å². The normalized spacial score (nSPS) is 13.4. The van der Waals surface area contributed by atoms with E-state index in [1.54, 1.807) is 29.9 Å². The number of urea groups is 1. The number of nitrogens with zero attached hydrogens (tertiary/aromatic N) is 4. The van der Waals surface area contributed by atoms with Crippen LogP contribution in [0.25, 0.3) is 5.69 Å². The van der Waals surface area contributed by atoms with Crippen LogP contribution in [0.4, 0.5) is 4.79 Å². The lowest BCUT2D eigenvalue weighted by Gasteiger charge is -2.22. The molecule has 7 nitrogen and oxygen atoms in total. The molecule has 0 saturated heterocycles. The summed E-state index contributed by atoms with van der Waals surface area (Å²) in [6, 6.07) is 7.52. The fourth-order valence-corrected chi connectivity index (χ4v) is 2.12. The molecule has 2 amide bonds. The Morgan fingerprint density at radius 1 is 1.35 bits per heavy atom. The SMILES string of the molecule is CC(O)CCN(C)C(=O)NC(C)c1ccc(-n2cncn2)cc1. The zero-order valence-corrected chi connectivity index (χ0v) is 13.7. The standard InChI is InChI=1S/C16H23N5O2/c1-12(22)8-9-20(3)16(23)19-13(2)14-4-6-15(7-5-14)21-11-17-10-18-21/h4-7,10-13,22H,8-9H2,1-3H3,(H,19,23). The number of rotatable bonds is 6. The van der Waals surface area contributed by atoms with Gasteiger partial charge in [-0.2, -0.15) is 5.10 Å². The molecule has 0 aliphatic rings. The number of amides is 2. The Morgan fingerprint density at radius 3 is 2.61 bits per heavy atom. The molecule has 0 spiro atoms. The second-order valence-corrected chi connectivity index (χ2v) is 5.66. The van der Waals surface area contributed by atoms with Crippen molar-refractivity contribution in [1.29, 1.82) is 0 Å². The molecule has 2 aromatic rings. The summed E-state index contributed by atoms with van der Waals surface area (Å²) >= 11 is 0. The lowest BCUT2D eigenvalue weighted by Crippen LogP contribution is -2.39. The van der Waals surface area contributed by atoms with E-state index in [0.717, 1.165) is 11.3 Å². The Kier molecular flexibility index (Phi) is 5.70. The van der Waals surface area contributed by atoms with Crippen molar-refractivity contribution in [3.05, 3.63) is 42.5 Å². The summed E-state index contributed by atoms with van der Waals surface area (Å²) in [6.45, 7) is 4.16. The van der Waals surface area contributed by atoms with Crippen LogP contribution in [-0.2, 0) is 0 Å². The molecule has 1 aromatic carbocycles. The monoisotopic (exact) mass is 317 g/mol. The average Bonchev–Trinajstić information content (AvgIpc) is 3.07. The van der Waals surface area contributed by atoms with Gasteiger partial charge in [-0.05, 0) is 38.0 Å². The second-order valence-electron chi connectivity index (χ2n) is 5.66. The molecule has 124 valence electrons. The summed E-state index contributed by atoms with van der Waals surface area (Å²) < 4.78 is 1.68. The van der Waals surface area contributed by atoms with E-state index in [1.165, 1.54) is 6.33 Å². The van der Waals surface area contributed by atoms with Crippen LogP contribution in [0.2, 0.25) is 0 Å². The highest BCUT2D eigenvalue weighted by molar-refractivity contribution is 5.74. The van der Waals surface area contributed by atoms with E-state index in [1.807, 2.05) is 31.2 Å². The van der Waals surface area contributed by atoms with Crippen LogP contribution < -0.4 is 5.32 Å². The van der Waals surface area contributed by atoms with Gasteiger partial charge in [0.15, 0.2) is 0 Å². The second kappa shape index (κ2) is 7.73. The Morgan fingerprint density at radius 2 is 2.04 bits per heavy atom. The maximum atomic E-state index is 12.1. The van der Waals surface area contributed by atoms with E-state index >= 15 is 0 Å². The summed E-state index contributed by atoms with van der Waals surface area (Å²) in [5.74, 6) is 0. The zero-order valence-electron chi connectivity index (χ0n) is 13.7. The number of nitrogens with one attached hydrogen (secondary N) is 1. The van der Waals surface area contributed by atoms with Crippen LogP contribution in [0.3, 0.4) is 0 Å². The highest BCUT2D eigenvalue weighted by Crippen LogP contribution is 2.15. The summed E-state index contributed by atoms with van der Waals surface area (Å²) in [7, 11) is 1.72. The van der Waals surface area contributed by atoms with E-state index in [9.17, 15) is 9.90 Å². The van der Waals surface area contributed by atoms with Gasteiger partial charge in [-0.3, -0.25) is 0 Å². The molecule has 0 aliphatic heterocycles. The Balaban J connectivity index is 1.92. The van der Waals surface area contributed by atoms with Crippen LogP contribution >= 0.6 is 0 Å². The summed E-state index contributed by atoms with van der Waals surface area (Å²) in [5.41, 5.74) is 1.92. The van der Waals surface area contributed by atoms with E-state index in [4.69, 9.17) is 0 Å². The maximum absolute atomic E-state index is 12.1. The molecular formula is C16H23N5O2. The Hall–Kier alpha value is -2.41. The van der Waals surface area contributed by atoms with E-state index in [-0.39, 0.29) is 12.1 Å². The van der Waals surface area contributed by atoms with Gasteiger partial charge < -0.3 is 15.3 Å². The highest BCUT2D eigenvalue weighted by Gasteiger charge is 2.14. The fourth-order valence-electron chi connectivity index (χ4n) is 2.12. The number of aliphatic hydroxyl groups is 1. The van der Waals surface area contributed by atoms with Crippen molar-refractivity contribution in [3.8, 4) is 5.69 Å². The predicted octanol–water partition coefficient (Wildman–Crippen LogP) is 1.74. The summed E-state index contributed by atoms with van der Waals surface area (Å²) in [5, 5.41) is 16.3. The van der Waals surface area contributed by atoms with Gasteiger partial charge in [-0.25, -0.2) is 14.5 Å². The molecule has 2 atom stereocenters. The molecule has 7 heteroatoms. The van der Waals surface area contributed by atoms with Gasteiger partial charge in [0.1, 0.15) is 12.7 Å². The number of carbonyl (C=O) groups is 1. The van der Waals surface area contributed by atoms with Crippen LogP contribution in [0.1, 0.15) is 31.9 Å². The number of benzene rings is 1. The quantitative estimate of drug-likeness (QED) is 0.850. The average molecular weight is 317 g/mol. The fraction of sp³-hybridized carbons (Fsp3) is 0.438.